The van der Waals surface area contributed by atoms with E-state index < -0.39 is 40.6 Å². The Morgan fingerprint density at radius 2 is 1.73 bits per heavy atom. The summed E-state index contributed by atoms with van der Waals surface area (Å²) in [6, 6.07) is 2.82. The van der Waals surface area contributed by atoms with Crippen molar-refractivity contribution in [1.29, 1.82) is 0 Å². The summed E-state index contributed by atoms with van der Waals surface area (Å²) in [7, 11) is 0. The number of alkyl carbamates (subject to hydrolysis) is 1. The maximum atomic E-state index is 13.2. The number of amides is 1. The van der Waals surface area contributed by atoms with E-state index in [1.807, 2.05) is 0 Å². The maximum absolute atomic E-state index is 13.2. The molecule has 0 bridgehead atoms. The van der Waals surface area contributed by atoms with E-state index in [0.717, 1.165) is 18.2 Å². The zero-order valence-electron chi connectivity index (χ0n) is 15.2. The molecule has 0 radical (unpaired) electrons. The number of benzene rings is 1. The van der Waals surface area contributed by atoms with Gasteiger partial charge >= 0.3 is 12.1 Å². The molecule has 0 aliphatic heterocycles. The van der Waals surface area contributed by atoms with E-state index in [0.29, 0.717) is 0 Å². The van der Waals surface area contributed by atoms with Crippen molar-refractivity contribution in [3.8, 4) is 0 Å². The first-order valence-electron chi connectivity index (χ1n) is 8.07. The van der Waals surface area contributed by atoms with Gasteiger partial charge < -0.3 is 15.2 Å². The highest BCUT2D eigenvalue weighted by molar-refractivity contribution is 5.96. The lowest BCUT2D eigenvalue weighted by Crippen LogP contribution is -2.53. The van der Waals surface area contributed by atoms with Crippen LogP contribution in [0.2, 0.25) is 0 Å². The number of carbonyl (C=O) groups excluding carboxylic acids is 2. The van der Waals surface area contributed by atoms with Crippen molar-refractivity contribution in [3.05, 3.63) is 35.4 Å². The van der Waals surface area contributed by atoms with Crippen LogP contribution in [0, 0.1) is 11.6 Å². The molecule has 0 spiro atoms. The molecule has 0 saturated carbocycles. The predicted octanol–water partition coefficient (Wildman–Crippen LogP) is 3.69. The zero-order chi connectivity index (χ0) is 20.1. The number of aliphatic carboxylic acids is 1. The third-order valence-electron chi connectivity index (χ3n) is 3.57. The molecule has 0 aliphatic rings. The van der Waals surface area contributed by atoms with Gasteiger partial charge in [-0.3, -0.25) is 4.79 Å². The van der Waals surface area contributed by atoms with Crippen LogP contribution in [-0.4, -0.2) is 34.1 Å². The van der Waals surface area contributed by atoms with Gasteiger partial charge in [-0.2, -0.15) is 0 Å². The highest BCUT2D eigenvalue weighted by atomic mass is 19.2. The van der Waals surface area contributed by atoms with E-state index in [4.69, 9.17) is 4.74 Å². The fraction of sp³-hybridized carbons (Fsp3) is 0.500. The van der Waals surface area contributed by atoms with Crippen LogP contribution in [0.25, 0.3) is 0 Å². The second-order valence-electron chi connectivity index (χ2n) is 7.17. The van der Waals surface area contributed by atoms with Gasteiger partial charge in [0.1, 0.15) is 11.1 Å². The molecule has 1 rings (SSSR count). The van der Waals surface area contributed by atoms with Crippen molar-refractivity contribution in [2.24, 2.45) is 0 Å². The first-order valence-corrected chi connectivity index (χ1v) is 8.07. The Balaban J connectivity index is 2.67. The van der Waals surface area contributed by atoms with Crippen LogP contribution in [0.5, 0.6) is 0 Å². The van der Waals surface area contributed by atoms with Crippen LogP contribution >= 0.6 is 0 Å². The molecule has 1 amide bonds. The number of carboxylic acid groups (broad SMARTS) is 1. The first-order chi connectivity index (χ1) is 11.8. The second kappa shape index (κ2) is 8.25. The summed E-state index contributed by atoms with van der Waals surface area (Å²) < 4.78 is 31.1. The van der Waals surface area contributed by atoms with Gasteiger partial charge in [0.15, 0.2) is 17.4 Å². The summed E-state index contributed by atoms with van der Waals surface area (Å²) in [6.45, 7) is 6.24. The number of Topliss-reactive ketones (excluding diaryl/α,β-unsaturated/α-hetero) is 1. The Bertz CT molecular complexity index is 699. The molecule has 6 nitrogen and oxygen atoms in total. The van der Waals surface area contributed by atoms with Crippen LogP contribution in [0.3, 0.4) is 0 Å². The van der Waals surface area contributed by atoms with Crippen molar-refractivity contribution in [3.63, 3.8) is 0 Å². The summed E-state index contributed by atoms with van der Waals surface area (Å²) in [4.78, 5) is 35.4. The molecular formula is C18H23F2NO5. The van der Waals surface area contributed by atoms with Crippen molar-refractivity contribution < 1.29 is 33.0 Å². The summed E-state index contributed by atoms with van der Waals surface area (Å²) in [5.74, 6) is -3.91. The van der Waals surface area contributed by atoms with Crippen molar-refractivity contribution in [2.45, 2.75) is 58.1 Å². The molecule has 144 valence electrons. The number of ketones is 1. The SMILES string of the molecule is CC(C)(C)OC(=O)N[C@](C)(CCCC(=O)c1ccc(F)c(F)c1)C(=O)O. The number of ether oxygens (including phenoxy) is 1. The van der Waals surface area contributed by atoms with Gasteiger partial charge in [-0.1, -0.05) is 0 Å². The maximum Gasteiger partial charge on any atom is 0.408 e. The van der Waals surface area contributed by atoms with Gasteiger partial charge in [0.25, 0.3) is 0 Å². The Morgan fingerprint density at radius 1 is 1.12 bits per heavy atom. The molecule has 1 aromatic carbocycles. The largest absolute Gasteiger partial charge is 0.480 e. The number of carboxylic acids is 1. The number of halogens is 2. The minimum Gasteiger partial charge on any atom is -0.480 e. The van der Waals surface area contributed by atoms with Crippen molar-refractivity contribution in [1.82, 2.24) is 5.32 Å². The van der Waals surface area contributed by atoms with Gasteiger partial charge in [-0.15, -0.1) is 0 Å². The topological polar surface area (TPSA) is 92.7 Å². The van der Waals surface area contributed by atoms with Gasteiger partial charge in [0.2, 0.25) is 0 Å². The molecule has 0 fully saturated rings. The van der Waals surface area contributed by atoms with Crippen molar-refractivity contribution in [2.75, 3.05) is 0 Å². The van der Waals surface area contributed by atoms with Gasteiger partial charge in [0, 0.05) is 12.0 Å². The number of carbonyl (C=O) groups is 3. The summed E-state index contributed by atoms with van der Waals surface area (Å²) >= 11 is 0. The quantitative estimate of drug-likeness (QED) is 0.713. The second-order valence-corrected chi connectivity index (χ2v) is 7.17. The van der Waals surface area contributed by atoms with Crippen LogP contribution in [0.4, 0.5) is 13.6 Å². The molecular weight excluding hydrogens is 348 g/mol. The van der Waals surface area contributed by atoms with Crippen LogP contribution in [0.1, 0.15) is 57.3 Å². The smallest absolute Gasteiger partial charge is 0.408 e. The zero-order valence-corrected chi connectivity index (χ0v) is 15.2. The summed E-state index contributed by atoms with van der Waals surface area (Å²) in [6.07, 6.45) is -0.883. The lowest BCUT2D eigenvalue weighted by atomic mass is 9.93. The standard InChI is InChI=1S/C18H23F2NO5/c1-17(2,3)26-16(25)21-18(4,15(23)24)9-5-6-14(22)11-7-8-12(19)13(20)10-11/h7-8,10H,5-6,9H2,1-4H3,(H,21,25)(H,23,24)/t18-/m1/s1. The van der Waals surface area contributed by atoms with Gasteiger partial charge in [0.05, 0.1) is 0 Å². The Hall–Kier alpha value is -2.51. The molecule has 26 heavy (non-hydrogen) atoms. The fourth-order valence-corrected chi connectivity index (χ4v) is 2.17. The van der Waals surface area contributed by atoms with E-state index >= 15 is 0 Å². The first kappa shape index (κ1) is 21.5. The summed E-state index contributed by atoms with van der Waals surface area (Å²) in [5, 5.41) is 11.7. The summed E-state index contributed by atoms with van der Waals surface area (Å²) in [5.41, 5.74) is -2.41. The van der Waals surface area contributed by atoms with E-state index in [1.165, 1.54) is 6.92 Å². The molecule has 0 unspecified atom stereocenters. The highest BCUT2D eigenvalue weighted by Crippen LogP contribution is 2.18. The third kappa shape index (κ3) is 6.42. The molecule has 1 aromatic rings. The molecule has 8 heteroatoms. The average Bonchev–Trinajstić information content (AvgIpc) is 2.47. The van der Waals surface area contributed by atoms with Gasteiger partial charge in [-0.25, -0.2) is 18.4 Å². The molecule has 2 N–H and O–H groups in total. The third-order valence-corrected chi connectivity index (χ3v) is 3.57. The molecule has 0 saturated heterocycles. The average molecular weight is 371 g/mol. The number of rotatable bonds is 7. The molecule has 1 atom stereocenters. The Kier molecular flexibility index (Phi) is 6.83. The number of hydrogen-bond acceptors (Lipinski definition) is 4. The van der Waals surface area contributed by atoms with E-state index in [2.05, 4.69) is 5.32 Å². The highest BCUT2D eigenvalue weighted by Gasteiger charge is 2.36. The van der Waals surface area contributed by atoms with Crippen molar-refractivity contribution >= 4 is 17.8 Å². The predicted molar refractivity (Wildman–Crippen MR) is 90.0 cm³/mol. The molecule has 0 heterocycles. The van der Waals surface area contributed by atoms with Crippen LogP contribution in [-0.2, 0) is 9.53 Å². The number of nitrogens with one attached hydrogen (secondary N) is 1. The normalized spacial score (nSPS) is 13.6. The van der Waals surface area contributed by atoms with E-state index in [9.17, 15) is 28.3 Å². The van der Waals surface area contributed by atoms with E-state index in [1.54, 1.807) is 20.8 Å². The van der Waals surface area contributed by atoms with E-state index in [-0.39, 0.29) is 24.8 Å². The Morgan fingerprint density at radius 3 is 2.23 bits per heavy atom. The monoisotopic (exact) mass is 371 g/mol. The minimum atomic E-state index is -1.63. The fourth-order valence-electron chi connectivity index (χ4n) is 2.17. The molecule has 0 aliphatic carbocycles. The lowest BCUT2D eigenvalue weighted by Gasteiger charge is -2.28. The Labute approximate surface area is 150 Å². The minimum absolute atomic E-state index is 0.000953. The number of hydrogen-bond donors (Lipinski definition) is 2. The van der Waals surface area contributed by atoms with Gasteiger partial charge in [-0.05, 0) is 58.7 Å². The van der Waals surface area contributed by atoms with Crippen LogP contribution in [0.15, 0.2) is 18.2 Å². The van der Waals surface area contributed by atoms with Crippen LogP contribution < -0.4 is 5.32 Å². The lowest BCUT2D eigenvalue weighted by molar-refractivity contribution is -0.144. The molecule has 0 aromatic heterocycles.